The van der Waals surface area contributed by atoms with Gasteiger partial charge in [0.2, 0.25) is 0 Å². The molecular formula is C20H15N. The first-order valence-electron chi connectivity index (χ1n) is 7.14. The predicted octanol–water partition coefficient (Wildman–Crippen LogP) is 5.50. The van der Waals surface area contributed by atoms with Gasteiger partial charge in [-0.3, -0.25) is 0 Å². The maximum atomic E-state index is 3.28. The van der Waals surface area contributed by atoms with E-state index in [1.54, 1.807) is 0 Å². The van der Waals surface area contributed by atoms with Gasteiger partial charge in [-0.05, 0) is 40.5 Å². The Balaban J connectivity index is 1.88. The second kappa shape index (κ2) is 4.95. The van der Waals surface area contributed by atoms with Crippen molar-refractivity contribution in [3.05, 3.63) is 85.1 Å². The van der Waals surface area contributed by atoms with Gasteiger partial charge >= 0.3 is 0 Å². The molecule has 1 N–H and O–H groups in total. The van der Waals surface area contributed by atoms with Crippen molar-refractivity contribution in [2.45, 2.75) is 0 Å². The molecule has 3 aromatic carbocycles. The molecule has 0 unspecified atom stereocenters. The van der Waals surface area contributed by atoms with E-state index in [-0.39, 0.29) is 0 Å². The number of aromatic nitrogens is 1. The molecule has 0 fully saturated rings. The number of benzene rings is 3. The molecule has 0 aliphatic rings. The molecule has 4 rings (SSSR count). The van der Waals surface area contributed by atoms with Crippen molar-refractivity contribution in [3.63, 3.8) is 0 Å². The summed E-state index contributed by atoms with van der Waals surface area (Å²) in [6.45, 7) is 0. The highest BCUT2D eigenvalue weighted by Gasteiger charge is 2.05. The van der Waals surface area contributed by atoms with Crippen LogP contribution in [0.1, 0.15) is 0 Å². The van der Waals surface area contributed by atoms with E-state index in [1.807, 2.05) is 12.3 Å². The molecule has 0 bridgehead atoms. The van der Waals surface area contributed by atoms with Crippen LogP contribution in [0.4, 0.5) is 0 Å². The standard InChI is InChI=1S/C20H15N/c1-2-6-15(7-3-1)16-8-4-9-17(14-16)18-10-5-11-20-19(18)12-13-21-20/h1-14,21H. The summed E-state index contributed by atoms with van der Waals surface area (Å²) in [5.41, 5.74) is 6.20. The van der Waals surface area contributed by atoms with Crippen molar-refractivity contribution in [3.8, 4) is 22.3 Å². The van der Waals surface area contributed by atoms with E-state index in [1.165, 1.54) is 33.2 Å². The van der Waals surface area contributed by atoms with Gasteiger partial charge in [0.25, 0.3) is 0 Å². The Morgan fingerprint density at radius 1 is 0.571 bits per heavy atom. The third kappa shape index (κ3) is 2.13. The fraction of sp³-hybridized carbons (Fsp3) is 0. The smallest absolute Gasteiger partial charge is 0.0460 e. The Labute approximate surface area is 123 Å². The number of hydrogen-bond donors (Lipinski definition) is 1. The van der Waals surface area contributed by atoms with Crippen LogP contribution in [0.5, 0.6) is 0 Å². The third-order valence-electron chi connectivity index (χ3n) is 3.88. The SMILES string of the molecule is c1ccc(-c2cccc(-c3cccc4[nH]ccc34)c2)cc1. The molecule has 0 saturated carbocycles. The summed E-state index contributed by atoms with van der Waals surface area (Å²) in [4.78, 5) is 3.28. The molecule has 0 atom stereocenters. The lowest BCUT2D eigenvalue weighted by molar-refractivity contribution is 1.48. The van der Waals surface area contributed by atoms with Crippen LogP contribution in [0.2, 0.25) is 0 Å². The van der Waals surface area contributed by atoms with E-state index >= 15 is 0 Å². The van der Waals surface area contributed by atoms with Gasteiger partial charge in [-0.25, -0.2) is 0 Å². The molecule has 100 valence electrons. The Hall–Kier alpha value is -2.80. The van der Waals surface area contributed by atoms with E-state index in [4.69, 9.17) is 0 Å². The van der Waals surface area contributed by atoms with Crippen LogP contribution in [0.25, 0.3) is 33.2 Å². The highest BCUT2D eigenvalue weighted by molar-refractivity contribution is 5.95. The second-order valence-electron chi connectivity index (χ2n) is 5.19. The summed E-state index contributed by atoms with van der Waals surface area (Å²) in [7, 11) is 0. The van der Waals surface area contributed by atoms with Crippen molar-refractivity contribution in [2.24, 2.45) is 0 Å². The first-order valence-corrected chi connectivity index (χ1v) is 7.14. The number of fused-ring (bicyclic) bond motifs is 1. The summed E-state index contributed by atoms with van der Waals surface area (Å²) in [6.07, 6.45) is 2.00. The van der Waals surface area contributed by atoms with Gasteiger partial charge < -0.3 is 4.98 Å². The Bertz CT molecular complexity index is 888. The third-order valence-corrected chi connectivity index (χ3v) is 3.88. The number of aromatic amines is 1. The molecule has 0 radical (unpaired) electrons. The zero-order chi connectivity index (χ0) is 14.1. The molecule has 1 heteroatoms. The topological polar surface area (TPSA) is 15.8 Å². The zero-order valence-electron chi connectivity index (χ0n) is 11.6. The Morgan fingerprint density at radius 3 is 2.24 bits per heavy atom. The number of nitrogens with one attached hydrogen (secondary N) is 1. The Kier molecular flexibility index (Phi) is 2.82. The van der Waals surface area contributed by atoms with E-state index < -0.39 is 0 Å². The largest absolute Gasteiger partial charge is 0.361 e. The molecular weight excluding hydrogens is 254 g/mol. The first kappa shape index (κ1) is 12.0. The van der Waals surface area contributed by atoms with Gasteiger partial charge in [-0.2, -0.15) is 0 Å². The molecule has 1 aromatic heterocycles. The van der Waals surface area contributed by atoms with E-state index in [0.29, 0.717) is 0 Å². The van der Waals surface area contributed by atoms with E-state index in [2.05, 4.69) is 77.8 Å². The highest BCUT2D eigenvalue weighted by atomic mass is 14.7. The van der Waals surface area contributed by atoms with Crippen molar-refractivity contribution in [1.29, 1.82) is 0 Å². The molecule has 1 nitrogen and oxygen atoms in total. The van der Waals surface area contributed by atoms with Gasteiger partial charge in [0, 0.05) is 17.1 Å². The summed E-state index contributed by atoms with van der Waals surface area (Å²) in [5, 5.41) is 1.27. The molecule has 4 aromatic rings. The zero-order valence-corrected chi connectivity index (χ0v) is 11.6. The van der Waals surface area contributed by atoms with Crippen LogP contribution in [-0.4, -0.2) is 4.98 Å². The van der Waals surface area contributed by atoms with Gasteiger partial charge in [-0.1, -0.05) is 60.7 Å². The second-order valence-corrected chi connectivity index (χ2v) is 5.19. The van der Waals surface area contributed by atoms with Gasteiger partial charge in [0.1, 0.15) is 0 Å². The molecule has 0 saturated heterocycles. The molecule has 0 spiro atoms. The lowest BCUT2D eigenvalue weighted by Crippen LogP contribution is -1.82. The van der Waals surface area contributed by atoms with Crippen LogP contribution in [0.3, 0.4) is 0 Å². The van der Waals surface area contributed by atoms with Gasteiger partial charge in [-0.15, -0.1) is 0 Å². The molecule has 0 aliphatic carbocycles. The number of hydrogen-bond acceptors (Lipinski definition) is 0. The fourth-order valence-electron chi connectivity index (χ4n) is 2.83. The maximum absolute atomic E-state index is 3.28. The monoisotopic (exact) mass is 269 g/mol. The quantitative estimate of drug-likeness (QED) is 0.494. The van der Waals surface area contributed by atoms with Crippen molar-refractivity contribution in [2.75, 3.05) is 0 Å². The van der Waals surface area contributed by atoms with Gasteiger partial charge in [0.15, 0.2) is 0 Å². The van der Waals surface area contributed by atoms with Crippen LogP contribution < -0.4 is 0 Å². The number of rotatable bonds is 2. The minimum atomic E-state index is 1.18. The Morgan fingerprint density at radius 2 is 1.33 bits per heavy atom. The predicted molar refractivity (Wildman–Crippen MR) is 89.2 cm³/mol. The fourth-order valence-corrected chi connectivity index (χ4v) is 2.83. The van der Waals surface area contributed by atoms with Crippen molar-refractivity contribution in [1.82, 2.24) is 4.98 Å². The molecule has 0 amide bonds. The summed E-state index contributed by atoms with van der Waals surface area (Å²) in [6, 6.07) is 27.8. The lowest BCUT2D eigenvalue weighted by atomic mass is 9.97. The van der Waals surface area contributed by atoms with Crippen molar-refractivity contribution >= 4 is 10.9 Å². The average Bonchev–Trinajstić information content (AvgIpc) is 3.04. The van der Waals surface area contributed by atoms with Crippen molar-refractivity contribution < 1.29 is 0 Å². The normalized spacial score (nSPS) is 10.9. The molecule has 0 aliphatic heterocycles. The van der Waals surface area contributed by atoms with Gasteiger partial charge in [0.05, 0.1) is 0 Å². The van der Waals surface area contributed by atoms with E-state index in [9.17, 15) is 0 Å². The summed E-state index contributed by atoms with van der Waals surface area (Å²) in [5.74, 6) is 0. The lowest BCUT2D eigenvalue weighted by Gasteiger charge is -2.07. The highest BCUT2D eigenvalue weighted by Crippen LogP contribution is 2.31. The minimum Gasteiger partial charge on any atom is -0.361 e. The number of H-pyrrole nitrogens is 1. The summed E-state index contributed by atoms with van der Waals surface area (Å²) < 4.78 is 0. The molecule has 21 heavy (non-hydrogen) atoms. The minimum absolute atomic E-state index is 1.18. The van der Waals surface area contributed by atoms with E-state index in [0.717, 1.165) is 0 Å². The van der Waals surface area contributed by atoms with Crippen LogP contribution >= 0.6 is 0 Å². The van der Waals surface area contributed by atoms with Crippen LogP contribution in [0, 0.1) is 0 Å². The molecule has 1 heterocycles. The summed E-state index contributed by atoms with van der Waals surface area (Å²) >= 11 is 0. The van der Waals surface area contributed by atoms with Crippen LogP contribution in [-0.2, 0) is 0 Å². The van der Waals surface area contributed by atoms with Crippen LogP contribution in [0.15, 0.2) is 85.1 Å². The maximum Gasteiger partial charge on any atom is 0.0460 e. The average molecular weight is 269 g/mol. The first-order chi connectivity index (χ1) is 10.4.